The zero-order valence-electron chi connectivity index (χ0n) is 13.3. The Hall–Kier alpha value is -0.300. The highest BCUT2D eigenvalue weighted by atomic mass is 15.1. The highest BCUT2D eigenvalue weighted by Gasteiger charge is 2.23. The summed E-state index contributed by atoms with van der Waals surface area (Å²) in [5.74, 6) is 0.897. The Morgan fingerprint density at radius 3 is 2.17 bits per heavy atom. The van der Waals surface area contributed by atoms with Crippen molar-refractivity contribution < 1.29 is 0 Å². The van der Waals surface area contributed by atoms with Crippen LogP contribution >= 0.6 is 0 Å². The summed E-state index contributed by atoms with van der Waals surface area (Å²) in [5, 5.41) is 0. The van der Waals surface area contributed by atoms with Crippen LogP contribution < -0.4 is 0 Å². The number of rotatable bonds is 6. The van der Waals surface area contributed by atoms with E-state index in [9.17, 15) is 0 Å². The largest absolute Gasteiger partial charge is 0.303 e. The van der Waals surface area contributed by atoms with Crippen molar-refractivity contribution in [2.24, 2.45) is 11.3 Å². The van der Waals surface area contributed by atoms with E-state index in [4.69, 9.17) is 0 Å². The van der Waals surface area contributed by atoms with Crippen LogP contribution in [-0.4, -0.2) is 24.5 Å². The second kappa shape index (κ2) is 7.33. The van der Waals surface area contributed by atoms with Gasteiger partial charge in [0.2, 0.25) is 0 Å². The van der Waals surface area contributed by atoms with Gasteiger partial charge in [0.25, 0.3) is 0 Å². The van der Waals surface area contributed by atoms with Crippen LogP contribution in [0.25, 0.3) is 0 Å². The van der Waals surface area contributed by atoms with Crippen molar-refractivity contribution in [3.8, 4) is 0 Å². The van der Waals surface area contributed by atoms with Gasteiger partial charge < -0.3 is 4.90 Å². The Labute approximate surface area is 115 Å². The number of hydrogen-bond donors (Lipinski definition) is 0. The molecule has 0 bridgehead atoms. The van der Waals surface area contributed by atoms with Gasteiger partial charge >= 0.3 is 0 Å². The molecule has 0 spiro atoms. The SMILES string of the molecule is CCCN(CCC)CC1CC=C(C(C)(C)C)CC1. The predicted octanol–water partition coefficient (Wildman–Crippen LogP) is 4.88. The first-order valence-electron chi connectivity index (χ1n) is 7.89. The fourth-order valence-electron chi connectivity index (χ4n) is 3.03. The fraction of sp³-hybridized carbons (Fsp3) is 0.882. The molecule has 1 heteroatoms. The Kier molecular flexibility index (Phi) is 6.42. The molecule has 0 heterocycles. The standard InChI is InChI=1S/C17H33N/c1-6-12-18(13-7-2)14-15-8-10-16(11-9-15)17(3,4)5/h10,15H,6-9,11-14H2,1-5H3. The summed E-state index contributed by atoms with van der Waals surface area (Å²) < 4.78 is 0. The van der Waals surface area contributed by atoms with E-state index in [0.29, 0.717) is 5.41 Å². The molecule has 1 rings (SSSR count). The highest BCUT2D eigenvalue weighted by Crippen LogP contribution is 2.35. The Bertz CT molecular complexity index is 253. The van der Waals surface area contributed by atoms with Gasteiger partial charge in [0.1, 0.15) is 0 Å². The van der Waals surface area contributed by atoms with Crippen molar-refractivity contribution in [1.82, 2.24) is 4.90 Å². The maximum absolute atomic E-state index is 2.67. The Morgan fingerprint density at radius 1 is 1.17 bits per heavy atom. The zero-order valence-corrected chi connectivity index (χ0v) is 13.3. The third-order valence-corrected chi connectivity index (χ3v) is 4.08. The molecule has 0 aromatic rings. The van der Waals surface area contributed by atoms with Gasteiger partial charge in [-0.3, -0.25) is 0 Å². The van der Waals surface area contributed by atoms with E-state index >= 15 is 0 Å². The average Bonchev–Trinajstić information content (AvgIpc) is 2.29. The van der Waals surface area contributed by atoms with Crippen LogP contribution in [0.1, 0.15) is 66.7 Å². The molecule has 1 aliphatic rings. The van der Waals surface area contributed by atoms with Crippen LogP contribution in [0.2, 0.25) is 0 Å². The van der Waals surface area contributed by atoms with Crippen molar-refractivity contribution in [2.45, 2.75) is 66.7 Å². The predicted molar refractivity (Wildman–Crippen MR) is 81.9 cm³/mol. The third-order valence-electron chi connectivity index (χ3n) is 4.08. The van der Waals surface area contributed by atoms with Crippen LogP contribution in [0.15, 0.2) is 11.6 Å². The van der Waals surface area contributed by atoms with Gasteiger partial charge in [0.15, 0.2) is 0 Å². The molecule has 1 nitrogen and oxygen atoms in total. The maximum Gasteiger partial charge on any atom is 0.00127 e. The van der Waals surface area contributed by atoms with Crippen LogP contribution in [0.4, 0.5) is 0 Å². The van der Waals surface area contributed by atoms with Gasteiger partial charge in [-0.25, -0.2) is 0 Å². The number of nitrogens with zero attached hydrogens (tertiary/aromatic N) is 1. The molecule has 1 unspecified atom stereocenters. The van der Waals surface area contributed by atoms with Crippen LogP contribution in [-0.2, 0) is 0 Å². The molecule has 0 saturated heterocycles. The normalized spacial score (nSPS) is 21.2. The number of allylic oxidation sites excluding steroid dienone is 2. The molecular weight excluding hydrogens is 218 g/mol. The lowest BCUT2D eigenvalue weighted by Gasteiger charge is -2.32. The molecular formula is C17H33N. The lowest BCUT2D eigenvalue weighted by atomic mass is 9.77. The Balaban J connectivity index is 2.44. The smallest absolute Gasteiger partial charge is 0.00127 e. The van der Waals surface area contributed by atoms with Crippen molar-refractivity contribution >= 4 is 0 Å². The summed E-state index contributed by atoms with van der Waals surface area (Å²) in [7, 11) is 0. The van der Waals surface area contributed by atoms with E-state index in [1.165, 1.54) is 51.7 Å². The lowest BCUT2D eigenvalue weighted by molar-refractivity contribution is 0.219. The topological polar surface area (TPSA) is 3.24 Å². The molecule has 0 saturated carbocycles. The molecule has 0 radical (unpaired) electrons. The molecule has 0 aromatic carbocycles. The van der Waals surface area contributed by atoms with Crippen LogP contribution in [0.5, 0.6) is 0 Å². The zero-order chi connectivity index (χ0) is 13.6. The van der Waals surface area contributed by atoms with Gasteiger partial charge in [-0.1, -0.05) is 46.3 Å². The Morgan fingerprint density at radius 2 is 1.78 bits per heavy atom. The summed E-state index contributed by atoms with van der Waals surface area (Å²) in [6, 6.07) is 0. The van der Waals surface area contributed by atoms with E-state index < -0.39 is 0 Å². The molecule has 0 aromatic heterocycles. The summed E-state index contributed by atoms with van der Waals surface area (Å²) in [6.07, 6.45) is 9.12. The number of hydrogen-bond acceptors (Lipinski definition) is 1. The van der Waals surface area contributed by atoms with E-state index in [1.54, 1.807) is 5.57 Å². The molecule has 1 aliphatic carbocycles. The first kappa shape index (κ1) is 15.8. The lowest BCUT2D eigenvalue weighted by Crippen LogP contribution is -2.32. The van der Waals surface area contributed by atoms with E-state index in [2.05, 4.69) is 45.6 Å². The molecule has 106 valence electrons. The molecule has 0 fully saturated rings. The third kappa shape index (κ3) is 5.14. The minimum atomic E-state index is 0.386. The first-order chi connectivity index (χ1) is 8.47. The molecule has 0 amide bonds. The molecule has 0 N–H and O–H groups in total. The first-order valence-corrected chi connectivity index (χ1v) is 7.89. The molecule has 18 heavy (non-hydrogen) atoms. The summed E-state index contributed by atoms with van der Waals surface area (Å²) >= 11 is 0. The van der Waals surface area contributed by atoms with Gasteiger partial charge in [0, 0.05) is 6.54 Å². The van der Waals surface area contributed by atoms with Gasteiger partial charge in [-0.2, -0.15) is 0 Å². The summed E-state index contributed by atoms with van der Waals surface area (Å²) in [4.78, 5) is 2.67. The van der Waals surface area contributed by atoms with E-state index in [-0.39, 0.29) is 0 Å². The molecule has 1 atom stereocenters. The van der Waals surface area contributed by atoms with Crippen LogP contribution in [0.3, 0.4) is 0 Å². The van der Waals surface area contributed by atoms with Gasteiger partial charge in [0.05, 0.1) is 0 Å². The van der Waals surface area contributed by atoms with Crippen molar-refractivity contribution in [3.05, 3.63) is 11.6 Å². The molecule has 0 aliphatic heterocycles. The minimum Gasteiger partial charge on any atom is -0.303 e. The average molecular weight is 251 g/mol. The monoisotopic (exact) mass is 251 g/mol. The second-order valence-corrected chi connectivity index (χ2v) is 6.92. The maximum atomic E-state index is 2.67. The van der Waals surface area contributed by atoms with Crippen molar-refractivity contribution in [1.29, 1.82) is 0 Å². The summed E-state index contributed by atoms with van der Waals surface area (Å²) in [5.41, 5.74) is 2.06. The van der Waals surface area contributed by atoms with E-state index in [0.717, 1.165) is 5.92 Å². The quantitative estimate of drug-likeness (QED) is 0.608. The fourth-order valence-corrected chi connectivity index (χ4v) is 3.03. The van der Waals surface area contributed by atoms with Crippen molar-refractivity contribution in [2.75, 3.05) is 19.6 Å². The van der Waals surface area contributed by atoms with Crippen LogP contribution in [0, 0.1) is 11.3 Å². The van der Waals surface area contributed by atoms with Crippen molar-refractivity contribution in [3.63, 3.8) is 0 Å². The van der Waals surface area contributed by atoms with E-state index in [1.807, 2.05) is 0 Å². The second-order valence-electron chi connectivity index (χ2n) is 6.92. The highest BCUT2D eigenvalue weighted by molar-refractivity contribution is 5.13. The van der Waals surface area contributed by atoms with Gasteiger partial charge in [-0.15, -0.1) is 0 Å². The minimum absolute atomic E-state index is 0.386. The summed E-state index contributed by atoms with van der Waals surface area (Å²) in [6.45, 7) is 15.5. The van der Waals surface area contributed by atoms with Gasteiger partial charge in [-0.05, 0) is 56.5 Å².